The molecule has 0 saturated carbocycles. The molecule has 106 valence electrons. The summed E-state index contributed by atoms with van der Waals surface area (Å²) in [5, 5.41) is -0.320. The molecular weight excluding hydrogens is 349 g/mol. The molecule has 0 aliphatic carbocycles. The van der Waals surface area contributed by atoms with Gasteiger partial charge in [-0.1, -0.05) is 6.07 Å². The maximum absolute atomic E-state index is 13.1. The summed E-state index contributed by atoms with van der Waals surface area (Å²) in [6, 6.07) is 4.40. The molecule has 1 fully saturated rings. The fourth-order valence-corrected chi connectivity index (χ4v) is 2.89. The number of halogens is 2. The van der Waals surface area contributed by atoms with E-state index in [-0.39, 0.29) is 23.5 Å². The first-order chi connectivity index (χ1) is 9.52. The van der Waals surface area contributed by atoms with E-state index in [2.05, 4.69) is 15.9 Å². The summed E-state index contributed by atoms with van der Waals surface area (Å²) in [5.74, 6) is -0.729. The lowest BCUT2D eigenvalue weighted by atomic mass is 10.2. The maximum Gasteiger partial charge on any atom is 0.293 e. The number of nitrogens with zero attached hydrogens (tertiary/aromatic N) is 1. The summed E-state index contributed by atoms with van der Waals surface area (Å²) in [6.07, 6.45) is 1.57. The monoisotopic (exact) mass is 359 g/mol. The van der Waals surface area contributed by atoms with E-state index >= 15 is 0 Å². The van der Waals surface area contributed by atoms with Crippen LogP contribution in [0.15, 0.2) is 27.6 Å². The maximum atomic E-state index is 13.1. The molecule has 1 saturated heterocycles. The van der Waals surface area contributed by atoms with Gasteiger partial charge in [-0.15, -0.1) is 0 Å². The lowest BCUT2D eigenvalue weighted by Gasteiger charge is -2.10. The van der Waals surface area contributed by atoms with Crippen LogP contribution in [0.1, 0.15) is 5.56 Å². The molecule has 20 heavy (non-hydrogen) atoms. The number of hydrogen-bond donors (Lipinski definition) is 0. The number of carbonyl (C=O) groups excluding carboxylic acids is 2. The van der Waals surface area contributed by atoms with Crippen LogP contribution in [0.25, 0.3) is 6.08 Å². The van der Waals surface area contributed by atoms with Crippen LogP contribution in [-0.2, 0) is 9.53 Å². The topological polar surface area (TPSA) is 46.6 Å². The summed E-state index contributed by atoms with van der Waals surface area (Å²) >= 11 is 3.95. The Kier molecular flexibility index (Phi) is 4.95. The van der Waals surface area contributed by atoms with Gasteiger partial charge in [0.25, 0.3) is 11.1 Å². The van der Waals surface area contributed by atoms with Crippen molar-refractivity contribution in [3.05, 3.63) is 39.0 Å². The average Bonchev–Trinajstić information content (AvgIpc) is 2.67. The number of imide groups is 1. The molecule has 0 aromatic heterocycles. The first kappa shape index (κ1) is 15.2. The Labute approximate surface area is 128 Å². The van der Waals surface area contributed by atoms with Crippen LogP contribution in [0.4, 0.5) is 9.18 Å². The van der Waals surface area contributed by atoms with Crippen molar-refractivity contribution in [2.45, 2.75) is 0 Å². The molecule has 1 aliphatic rings. The Morgan fingerprint density at radius 3 is 2.85 bits per heavy atom. The molecular formula is C13H11BrFNO3S. The molecule has 2 amide bonds. The third kappa shape index (κ3) is 3.28. The van der Waals surface area contributed by atoms with Gasteiger partial charge in [-0.25, -0.2) is 4.39 Å². The van der Waals surface area contributed by atoms with E-state index < -0.39 is 0 Å². The minimum Gasteiger partial charge on any atom is -0.383 e. The van der Waals surface area contributed by atoms with E-state index in [0.29, 0.717) is 21.5 Å². The highest BCUT2D eigenvalue weighted by Crippen LogP contribution is 2.32. The second kappa shape index (κ2) is 6.51. The van der Waals surface area contributed by atoms with Crippen LogP contribution < -0.4 is 0 Å². The SMILES string of the molecule is COCCN1C(=O)S/C(=C/c2ccc(F)c(Br)c2)C1=O. The highest BCUT2D eigenvalue weighted by Gasteiger charge is 2.34. The number of methoxy groups -OCH3 is 1. The van der Waals surface area contributed by atoms with Gasteiger partial charge >= 0.3 is 0 Å². The number of benzene rings is 1. The standard InChI is InChI=1S/C13H11BrFNO3S/c1-19-5-4-16-12(17)11(20-13(16)18)7-8-2-3-10(15)9(14)6-8/h2-3,6-7H,4-5H2,1H3/b11-7+. The zero-order chi connectivity index (χ0) is 14.7. The molecule has 7 heteroatoms. The van der Waals surface area contributed by atoms with Crippen molar-refractivity contribution in [3.63, 3.8) is 0 Å². The van der Waals surface area contributed by atoms with Crippen LogP contribution in [0.2, 0.25) is 0 Å². The molecule has 0 unspecified atom stereocenters. The van der Waals surface area contributed by atoms with Gasteiger partial charge in [-0.2, -0.15) is 0 Å². The minimum atomic E-state index is -0.379. The summed E-state index contributed by atoms with van der Waals surface area (Å²) in [7, 11) is 1.50. The Balaban J connectivity index is 2.20. The van der Waals surface area contributed by atoms with Gasteiger partial charge in [0.15, 0.2) is 0 Å². The van der Waals surface area contributed by atoms with Crippen molar-refractivity contribution in [1.29, 1.82) is 0 Å². The molecule has 1 aromatic carbocycles. The molecule has 1 heterocycles. The number of hydrogen-bond acceptors (Lipinski definition) is 4. The molecule has 4 nitrogen and oxygen atoms in total. The number of amides is 2. The largest absolute Gasteiger partial charge is 0.383 e. The lowest BCUT2D eigenvalue weighted by Crippen LogP contribution is -2.31. The van der Waals surface area contributed by atoms with Crippen LogP contribution in [-0.4, -0.2) is 36.3 Å². The van der Waals surface area contributed by atoms with Crippen molar-refractivity contribution >= 4 is 44.9 Å². The molecule has 0 atom stereocenters. The third-order valence-corrected chi connectivity index (χ3v) is 4.15. The van der Waals surface area contributed by atoms with E-state index in [1.807, 2.05) is 0 Å². The highest BCUT2D eigenvalue weighted by atomic mass is 79.9. The number of thioether (sulfide) groups is 1. The lowest BCUT2D eigenvalue weighted by molar-refractivity contribution is -0.123. The molecule has 0 radical (unpaired) electrons. The molecule has 2 rings (SSSR count). The third-order valence-electron chi connectivity index (χ3n) is 2.63. The zero-order valence-electron chi connectivity index (χ0n) is 10.6. The number of carbonyl (C=O) groups is 2. The van der Waals surface area contributed by atoms with Crippen molar-refractivity contribution in [2.24, 2.45) is 0 Å². The zero-order valence-corrected chi connectivity index (χ0v) is 13.0. The second-order valence-corrected chi connectivity index (χ2v) is 5.85. The fourth-order valence-electron chi connectivity index (χ4n) is 1.63. The van der Waals surface area contributed by atoms with Gasteiger partial charge in [0.1, 0.15) is 5.82 Å². The number of ether oxygens (including phenoxy) is 1. The average molecular weight is 360 g/mol. The van der Waals surface area contributed by atoms with Gasteiger partial charge in [0, 0.05) is 7.11 Å². The molecule has 1 aromatic rings. The highest BCUT2D eigenvalue weighted by molar-refractivity contribution is 9.10. The first-order valence-corrected chi connectivity index (χ1v) is 7.33. The van der Waals surface area contributed by atoms with E-state index in [9.17, 15) is 14.0 Å². The Morgan fingerprint density at radius 1 is 1.45 bits per heavy atom. The molecule has 1 aliphatic heterocycles. The predicted octanol–water partition coefficient (Wildman–Crippen LogP) is 3.27. The fraction of sp³-hybridized carbons (Fsp3) is 0.231. The van der Waals surface area contributed by atoms with Gasteiger partial charge in [0.05, 0.1) is 22.5 Å². The van der Waals surface area contributed by atoms with E-state index in [1.165, 1.54) is 13.2 Å². The van der Waals surface area contributed by atoms with Gasteiger partial charge in [-0.05, 0) is 51.5 Å². The first-order valence-electron chi connectivity index (χ1n) is 5.72. The minimum absolute atomic E-state index is 0.228. The Hall–Kier alpha value is -1.18. The van der Waals surface area contributed by atoms with E-state index in [0.717, 1.165) is 16.7 Å². The van der Waals surface area contributed by atoms with Crippen LogP contribution in [0.3, 0.4) is 0 Å². The quantitative estimate of drug-likeness (QED) is 0.774. The van der Waals surface area contributed by atoms with Crippen LogP contribution in [0, 0.1) is 5.82 Å². The summed E-state index contributed by atoms with van der Waals surface area (Å²) in [4.78, 5) is 25.2. The summed E-state index contributed by atoms with van der Waals surface area (Å²) < 4.78 is 18.3. The molecule has 0 bridgehead atoms. The van der Waals surface area contributed by atoms with Crippen LogP contribution in [0.5, 0.6) is 0 Å². The van der Waals surface area contributed by atoms with Crippen LogP contribution >= 0.6 is 27.7 Å². The second-order valence-electron chi connectivity index (χ2n) is 4.00. The van der Waals surface area contributed by atoms with Crippen molar-refractivity contribution in [1.82, 2.24) is 4.90 Å². The summed E-state index contributed by atoms with van der Waals surface area (Å²) in [5.41, 5.74) is 0.649. The van der Waals surface area contributed by atoms with Crippen molar-refractivity contribution in [3.8, 4) is 0 Å². The van der Waals surface area contributed by atoms with E-state index in [1.54, 1.807) is 18.2 Å². The summed E-state index contributed by atoms with van der Waals surface area (Å²) in [6.45, 7) is 0.527. The normalized spacial score (nSPS) is 17.4. The van der Waals surface area contributed by atoms with Gasteiger partial charge in [0.2, 0.25) is 0 Å². The van der Waals surface area contributed by atoms with Crippen molar-refractivity contribution < 1.29 is 18.7 Å². The predicted molar refractivity (Wildman–Crippen MR) is 78.7 cm³/mol. The van der Waals surface area contributed by atoms with Crippen molar-refractivity contribution in [2.75, 3.05) is 20.3 Å². The van der Waals surface area contributed by atoms with E-state index in [4.69, 9.17) is 4.74 Å². The Morgan fingerprint density at radius 2 is 2.20 bits per heavy atom. The van der Waals surface area contributed by atoms with Gasteiger partial charge < -0.3 is 4.74 Å². The smallest absolute Gasteiger partial charge is 0.293 e. The number of rotatable bonds is 4. The molecule has 0 N–H and O–H groups in total. The Bertz CT molecular complexity index is 591. The molecule has 0 spiro atoms. The van der Waals surface area contributed by atoms with Gasteiger partial charge in [-0.3, -0.25) is 14.5 Å².